The Hall–Kier alpha value is -4.33. The van der Waals surface area contributed by atoms with E-state index in [4.69, 9.17) is 4.74 Å². The number of ether oxygens (including phenoxy) is 1. The van der Waals surface area contributed by atoms with Gasteiger partial charge in [-0.3, -0.25) is 14.6 Å². The van der Waals surface area contributed by atoms with Crippen LogP contribution in [0.15, 0.2) is 59.5 Å². The maximum Gasteiger partial charge on any atom is 0.414 e. The van der Waals surface area contributed by atoms with E-state index in [0.29, 0.717) is 61.5 Å². The molecule has 3 aromatic rings. The zero-order valence-corrected chi connectivity index (χ0v) is 29.2. The summed E-state index contributed by atoms with van der Waals surface area (Å²) in [7, 11) is 0.687. The predicted octanol–water partition coefficient (Wildman–Crippen LogP) is 5.30. The van der Waals surface area contributed by atoms with Crippen LogP contribution in [0.1, 0.15) is 47.0 Å². The highest BCUT2D eigenvalue weighted by Crippen LogP contribution is 2.37. The highest BCUT2D eigenvalue weighted by Gasteiger charge is 2.48. The minimum atomic E-state index is -4.60. The number of rotatable bonds is 11. The monoisotopic (exact) mass is 694 g/mol. The first-order chi connectivity index (χ1) is 23.2. The minimum absolute atomic E-state index is 0.162. The van der Waals surface area contributed by atoms with Crippen LogP contribution in [0, 0.1) is 11.3 Å². The highest BCUT2D eigenvalue weighted by atomic mass is 28.2. The number of nitriles is 1. The number of urea groups is 1. The Morgan fingerprint density at radius 3 is 2.65 bits per heavy atom. The molecule has 260 valence electrons. The summed E-state index contributed by atoms with van der Waals surface area (Å²) in [5.74, 6) is 0. The number of nitrogens with zero attached hydrogens (tertiary/aromatic N) is 9. The van der Waals surface area contributed by atoms with Crippen LogP contribution in [0.3, 0.4) is 0 Å². The van der Waals surface area contributed by atoms with Gasteiger partial charge in [0.25, 0.3) is 0 Å². The van der Waals surface area contributed by atoms with Crippen LogP contribution in [-0.4, -0.2) is 101 Å². The van der Waals surface area contributed by atoms with Crippen molar-refractivity contribution in [3.8, 4) is 17.3 Å². The number of carbonyl (C=O) groups is 1. The first-order valence-electron chi connectivity index (χ1n) is 16.0. The van der Waals surface area contributed by atoms with Gasteiger partial charge in [0.05, 0.1) is 45.2 Å². The van der Waals surface area contributed by atoms with Gasteiger partial charge in [-0.1, -0.05) is 20.8 Å². The van der Waals surface area contributed by atoms with E-state index >= 15 is 0 Å². The number of carbonyl (C=O) groups excluding carboxylic acids is 1. The van der Waals surface area contributed by atoms with E-state index < -0.39 is 23.3 Å². The molecule has 0 spiro atoms. The number of allylic oxidation sites excluding steroid dienone is 2. The van der Waals surface area contributed by atoms with Crippen molar-refractivity contribution in [1.29, 1.82) is 5.26 Å². The van der Waals surface area contributed by atoms with Crippen LogP contribution >= 0.6 is 0 Å². The predicted molar refractivity (Wildman–Crippen MR) is 181 cm³/mol. The Kier molecular flexibility index (Phi) is 10.8. The average molecular weight is 695 g/mol. The lowest BCUT2D eigenvalue weighted by Gasteiger charge is -2.53. The van der Waals surface area contributed by atoms with Gasteiger partial charge < -0.3 is 19.5 Å². The fraction of sp³-hybridized carbons (Fsp3) is 0.515. The Balaban J connectivity index is 1.21. The number of likely N-dealkylation sites (tertiary alicyclic amines) is 2. The molecule has 2 fully saturated rings. The number of aromatic nitrogens is 5. The number of amides is 2. The standard InChI is InChI=1S/C33H41F3N10O2Si/c1-23(33(34,35)36)27(6-12-38-5)42-30(47)43-13-7-25(8-14-43)45-18-32(19-45,10-11-37)46-17-24(16-41-46)28-26-9-15-44(29(26)40-20-39-28)21-48-22-49-31(2,3)4/h6,9,12,15-17,20,25H,5,7-8,10,13-14,18-19,21-22H2,1-4H3,(H,42,47)/b12-6-,27-23-. The molecule has 5 rings (SSSR count). The molecule has 5 heterocycles. The van der Waals surface area contributed by atoms with E-state index in [0.717, 1.165) is 41.5 Å². The topological polar surface area (TPSA) is 129 Å². The Labute approximate surface area is 286 Å². The fourth-order valence-electron chi connectivity index (χ4n) is 6.08. The summed E-state index contributed by atoms with van der Waals surface area (Å²) in [5, 5.41) is 17.9. The van der Waals surface area contributed by atoms with Crippen molar-refractivity contribution in [2.45, 2.75) is 76.5 Å². The van der Waals surface area contributed by atoms with Crippen LogP contribution in [-0.2, 0) is 17.0 Å². The van der Waals surface area contributed by atoms with Gasteiger partial charge in [-0.15, -0.1) is 0 Å². The first-order valence-corrected chi connectivity index (χ1v) is 17.2. The zero-order valence-electron chi connectivity index (χ0n) is 28.2. The lowest BCUT2D eigenvalue weighted by atomic mass is 9.84. The first kappa shape index (κ1) is 36.0. The number of piperidine rings is 1. The third-order valence-corrected chi connectivity index (χ3v) is 10.3. The summed E-state index contributed by atoms with van der Waals surface area (Å²) in [6.07, 6.45) is 7.03. The normalized spacial score (nSPS) is 18.0. The fourth-order valence-corrected chi connectivity index (χ4v) is 6.70. The van der Waals surface area contributed by atoms with Crippen LogP contribution in [0.25, 0.3) is 22.3 Å². The third kappa shape index (κ3) is 8.28. The molecule has 2 radical (unpaired) electrons. The molecule has 3 aromatic heterocycles. The van der Waals surface area contributed by atoms with Crippen LogP contribution in [0.2, 0.25) is 5.04 Å². The summed E-state index contributed by atoms with van der Waals surface area (Å²) in [4.78, 5) is 29.2. The van der Waals surface area contributed by atoms with Gasteiger partial charge in [-0.25, -0.2) is 14.8 Å². The van der Waals surface area contributed by atoms with E-state index in [1.807, 2.05) is 27.7 Å². The second-order valence-corrected chi connectivity index (χ2v) is 15.6. The van der Waals surface area contributed by atoms with Crippen LogP contribution < -0.4 is 5.32 Å². The lowest BCUT2D eigenvalue weighted by molar-refractivity contribution is -0.0921. The molecule has 16 heteroatoms. The molecule has 0 unspecified atom stereocenters. The minimum Gasteiger partial charge on any atom is -0.365 e. The summed E-state index contributed by atoms with van der Waals surface area (Å²) >= 11 is 0. The molecule has 2 saturated heterocycles. The van der Waals surface area contributed by atoms with E-state index in [1.54, 1.807) is 6.20 Å². The van der Waals surface area contributed by atoms with Crippen molar-refractivity contribution in [3.63, 3.8) is 0 Å². The van der Waals surface area contributed by atoms with Gasteiger partial charge in [0.2, 0.25) is 0 Å². The molecular formula is C33H41F3N10O2Si. The van der Waals surface area contributed by atoms with Crippen molar-refractivity contribution in [3.05, 3.63) is 54.5 Å². The Morgan fingerprint density at radius 2 is 2.00 bits per heavy atom. The van der Waals surface area contributed by atoms with E-state index in [1.165, 1.54) is 11.2 Å². The van der Waals surface area contributed by atoms with Crippen molar-refractivity contribution in [2.75, 3.05) is 32.4 Å². The van der Waals surface area contributed by atoms with Gasteiger partial charge >= 0.3 is 12.2 Å². The molecule has 0 atom stereocenters. The molecule has 12 nitrogen and oxygen atoms in total. The summed E-state index contributed by atoms with van der Waals surface area (Å²) < 4.78 is 49.7. The lowest BCUT2D eigenvalue weighted by Crippen LogP contribution is -2.66. The third-order valence-electron chi connectivity index (χ3n) is 8.92. The maximum absolute atomic E-state index is 13.3. The van der Waals surface area contributed by atoms with Crippen molar-refractivity contribution in [1.82, 2.24) is 39.4 Å². The number of halogens is 3. The summed E-state index contributed by atoms with van der Waals surface area (Å²) in [6.45, 7) is 13.1. The van der Waals surface area contributed by atoms with Gasteiger partial charge in [-0.2, -0.15) is 23.5 Å². The number of fused-ring (bicyclic) bond motifs is 1. The number of nitrogens with one attached hydrogen (secondary N) is 1. The smallest absolute Gasteiger partial charge is 0.365 e. The zero-order chi connectivity index (χ0) is 35.4. The summed E-state index contributed by atoms with van der Waals surface area (Å²) in [5.41, 5.74) is 0.540. The van der Waals surface area contributed by atoms with E-state index in [9.17, 15) is 23.2 Å². The molecule has 1 N–H and O–H groups in total. The number of hydrogen-bond donors (Lipinski definition) is 1. The molecule has 0 saturated carbocycles. The highest BCUT2D eigenvalue weighted by molar-refractivity contribution is 6.39. The van der Waals surface area contributed by atoms with E-state index in [-0.39, 0.29) is 23.2 Å². The average Bonchev–Trinajstić information content (AvgIpc) is 3.70. The van der Waals surface area contributed by atoms with Gasteiger partial charge in [-0.05, 0) is 43.7 Å². The molecule has 2 aliphatic rings. The molecular weight excluding hydrogens is 654 g/mol. The maximum atomic E-state index is 13.3. The number of hydrogen-bond acceptors (Lipinski definition) is 8. The van der Waals surface area contributed by atoms with Gasteiger partial charge in [0.15, 0.2) is 0 Å². The molecule has 0 aromatic carbocycles. The van der Waals surface area contributed by atoms with Crippen LogP contribution in [0.4, 0.5) is 18.0 Å². The SMILES string of the molecule is C=N/C=C\C(NC(=O)N1CCC(N2CC(CC#N)(n3cc(-c4ncnc5c4ccn5COC[Si]C(C)(C)C)cn3)C2)CC1)=C(/C)C(F)(F)F. The number of alkyl halides is 3. The van der Waals surface area contributed by atoms with Crippen LogP contribution in [0.5, 0.6) is 0 Å². The summed E-state index contributed by atoms with van der Waals surface area (Å²) in [6, 6.07) is 3.87. The number of aliphatic imine (C=N–C) groups is 1. The largest absolute Gasteiger partial charge is 0.414 e. The molecule has 0 bridgehead atoms. The molecule has 2 aliphatic heterocycles. The van der Waals surface area contributed by atoms with Crippen molar-refractivity contribution >= 4 is 33.3 Å². The van der Waals surface area contributed by atoms with E-state index in [2.05, 4.69) is 63.8 Å². The Morgan fingerprint density at radius 1 is 1.27 bits per heavy atom. The second-order valence-electron chi connectivity index (χ2n) is 13.5. The van der Waals surface area contributed by atoms with Crippen molar-refractivity contribution < 1.29 is 22.7 Å². The second kappa shape index (κ2) is 14.6. The van der Waals surface area contributed by atoms with Crippen molar-refractivity contribution in [2.24, 2.45) is 4.99 Å². The molecule has 2 amide bonds. The van der Waals surface area contributed by atoms with Gasteiger partial charge in [0, 0.05) is 68.0 Å². The quantitative estimate of drug-likeness (QED) is 0.125. The van der Waals surface area contributed by atoms with Gasteiger partial charge in [0.1, 0.15) is 24.2 Å². The Bertz CT molecular complexity index is 1750. The molecule has 0 aliphatic carbocycles. The molecule has 49 heavy (non-hydrogen) atoms.